The maximum absolute atomic E-state index is 13.1. The van der Waals surface area contributed by atoms with Crippen LogP contribution >= 0.6 is 11.6 Å². The molecule has 0 radical (unpaired) electrons. The van der Waals surface area contributed by atoms with E-state index in [0.717, 1.165) is 29.8 Å². The van der Waals surface area contributed by atoms with Gasteiger partial charge < -0.3 is 19.7 Å². The van der Waals surface area contributed by atoms with E-state index in [0.29, 0.717) is 23.3 Å². The van der Waals surface area contributed by atoms with Gasteiger partial charge in [0.2, 0.25) is 11.8 Å². The molecule has 1 amide bonds. The molecule has 0 aliphatic carbocycles. The van der Waals surface area contributed by atoms with E-state index in [4.69, 9.17) is 21.1 Å². The molecule has 0 atom stereocenters. The van der Waals surface area contributed by atoms with E-state index >= 15 is 0 Å². The van der Waals surface area contributed by atoms with Crippen LogP contribution < -0.4 is 19.7 Å². The molecule has 1 aliphatic heterocycles. The van der Waals surface area contributed by atoms with Crippen LogP contribution in [0.5, 0.6) is 11.6 Å². The highest BCUT2D eigenvalue weighted by molar-refractivity contribution is 6.32. The Kier molecular flexibility index (Phi) is 6.95. The molecular formula is C27H24ClN5O3. The first-order chi connectivity index (χ1) is 17.6. The van der Waals surface area contributed by atoms with Crippen molar-refractivity contribution in [2.75, 3.05) is 18.6 Å². The molecule has 1 aliphatic rings. The number of benzene rings is 2. The lowest BCUT2D eigenvalue weighted by atomic mass is 10.2. The second-order valence-corrected chi connectivity index (χ2v) is 8.63. The fourth-order valence-electron chi connectivity index (χ4n) is 4.03. The number of para-hydroxylation sites is 1. The Morgan fingerprint density at radius 2 is 2.00 bits per heavy atom. The fraction of sp³-hybridized carbons (Fsp3) is 0.185. The van der Waals surface area contributed by atoms with Crippen LogP contribution in [-0.2, 0) is 19.6 Å². The largest absolute Gasteiger partial charge is 0.495 e. The number of ether oxygens (including phenoxy) is 2. The first kappa shape index (κ1) is 23.6. The van der Waals surface area contributed by atoms with Crippen LogP contribution in [0.2, 0.25) is 5.02 Å². The smallest absolute Gasteiger partial charge is 0.258 e. The summed E-state index contributed by atoms with van der Waals surface area (Å²) >= 11 is 6.27. The molecular weight excluding hydrogens is 478 g/mol. The molecule has 0 bridgehead atoms. The normalized spacial score (nSPS) is 12.2. The highest BCUT2D eigenvalue weighted by Crippen LogP contribution is 2.33. The van der Waals surface area contributed by atoms with Gasteiger partial charge in [-0.2, -0.15) is 4.98 Å². The Morgan fingerprint density at radius 3 is 2.81 bits per heavy atom. The predicted octanol–water partition coefficient (Wildman–Crippen LogP) is 4.74. The number of carbonyl (C=O) groups is 1. The maximum atomic E-state index is 13.1. The number of hydrogen-bond acceptors (Lipinski definition) is 7. The predicted molar refractivity (Wildman–Crippen MR) is 137 cm³/mol. The van der Waals surface area contributed by atoms with E-state index in [1.165, 1.54) is 11.8 Å². The molecule has 0 saturated heterocycles. The molecule has 5 rings (SSSR count). The molecule has 8 nitrogen and oxygen atoms in total. The summed E-state index contributed by atoms with van der Waals surface area (Å²) in [5.41, 5.74) is 4.23. The fourth-order valence-corrected chi connectivity index (χ4v) is 4.31. The highest BCUT2D eigenvalue weighted by atomic mass is 35.5. The Bertz CT molecular complexity index is 1380. The second kappa shape index (κ2) is 10.6. The number of rotatable bonds is 8. The highest BCUT2D eigenvalue weighted by Gasteiger charge is 2.24. The van der Waals surface area contributed by atoms with Gasteiger partial charge in [-0.05, 0) is 47.4 Å². The number of carbonyl (C=O) groups excluding carboxylic acids is 1. The van der Waals surface area contributed by atoms with Crippen molar-refractivity contribution in [1.29, 1.82) is 0 Å². The molecule has 9 heteroatoms. The molecule has 36 heavy (non-hydrogen) atoms. The summed E-state index contributed by atoms with van der Waals surface area (Å²) in [4.78, 5) is 28.4. The zero-order valence-electron chi connectivity index (χ0n) is 19.6. The second-order valence-electron chi connectivity index (χ2n) is 8.22. The van der Waals surface area contributed by atoms with Gasteiger partial charge in [0.1, 0.15) is 17.9 Å². The van der Waals surface area contributed by atoms with Crippen LogP contribution in [0.25, 0.3) is 0 Å². The van der Waals surface area contributed by atoms with Crippen molar-refractivity contribution in [3.8, 4) is 11.6 Å². The van der Waals surface area contributed by atoms with Crippen LogP contribution in [0.1, 0.15) is 27.0 Å². The van der Waals surface area contributed by atoms with Gasteiger partial charge in [0.05, 0.1) is 12.1 Å². The first-order valence-corrected chi connectivity index (χ1v) is 11.8. The van der Waals surface area contributed by atoms with Crippen LogP contribution in [-0.4, -0.2) is 34.5 Å². The monoisotopic (exact) mass is 501 g/mol. The van der Waals surface area contributed by atoms with Gasteiger partial charge in [-0.1, -0.05) is 41.9 Å². The molecule has 2 aromatic carbocycles. The topological polar surface area (TPSA) is 89.5 Å². The summed E-state index contributed by atoms with van der Waals surface area (Å²) in [6, 6.07) is 17.3. The minimum Gasteiger partial charge on any atom is -0.495 e. The van der Waals surface area contributed by atoms with E-state index in [2.05, 4.69) is 26.3 Å². The number of methoxy groups -OCH3 is 1. The van der Waals surface area contributed by atoms with Crippen molar-refractivity contribution in [3.05, 3.63) is 100 Å². The lowest BCUT2D eigenvalue weighted by Gasteiger charge is -2.19. The van der Waals surface area contributed by atoms with Gasteiger partial charge in [-0.25, -0.2) is 4.98 Å². The maximum Gasteiger partial charge on any atom is 0.258 e. The zero-order valence-corrected chi connectivity index (χ0v) is 20.4. The van der Waals surface area contributed by atoms with Crippen LogP contribution in [0.15, 0.2) is 73.2 Å². The van der Waals surface area contributed by atoms with E-state index < -0.39 is 0 Å². The molecule has 2 aromatic heterocycles. The lowest BCUT2D eigenvalue weighted by Crippen LogP contribution is -2.25. The average Bonchev–Trinajstić information content (AvgIpc) is 3.35. The third-order valence-corrected chi connectivity index (χ3v) is 6.18. The molecule has 0 unspecified atom stereocenters. The molecule has 182 valence electrons. The van der Waals surface area contributed by atoms with E-state index in [-0.39, 0.29) is 24.0 Å². The standard InChI is InChI=1S/C27H24ClN5O3/c1-35-24-9-8-18(13-22(24)28)17-36-26-21(25(34)30-15-19-5-4-11-29-14-19)16-31-27(32-26)33-12-10-20-6-2-3-7-23(20)33/h2-9,11,13-14,16H,10,12,15,17H2,1H3,(H,30,34). The number of nitrogens with zero attached hydrogens (tertiary/aromatic N) is 4. The zero-order chi connectivity index (χ0) is 24.9. The van der Waals surface area contributed by atoms with Gasteiger partial charge in [0, 0.05) is 37.4 Å². The summed E-state index contributed by atoms with van der Waals surface area (Å²) in [5.74, 6) is 0.912. The number of amides is 1. The SMILES string of the molecule is COc1ccc(COc2nc(N3CCc4ccccc43)ncc2C(=O)NCc2cccnc2)cc1Cl. The first-order valence-electron chi connectivity index (χ1n) is 11.5. The third-order valence-electron chi connectivity index (χ3n) is 5.88. The van der Waals surface area contributed by atoms with Gasteiger partial charge >= 0.3 is 0 Å². The van der Waals surface area contributed by atoms with Crippen molar-refractivity contribution in [2.24, 2.45) is 0 Å². The average molecular weight is 502 g/mol. The Morgan fingerprint density at radius 1 is 1.11 bits per heavy atom. The van der Waals surface area contributed by atoms with Crippen molar-refractivity contribution in [3.63, 3.8) is 0 Å². The summed E-state index contributed by atoms with van der Waals surface area (Å²) in [7, 11) is 1.56. The van der Waals surface area contributed by atoms with Crippen LogP contribution in [0.4, 0.5) is 11.6 Å². The number of pyridine rings is 1. The number of fused-ring (bicyclic) bond motifs is 1. The number of nitrogens with one attached hydrogen (secondary N) is 1. The molecule has 4 aromatic rings. The molecule has 0 spiro atoms. The Hall–Kier alpha value is -4.17. The lowest BCUT2D eigenvalue weighted by molar-refractivity contribution is 0.0945. The molecule has 3 heterocycles. The number of hydrogen-bond donors (Lipinski definition) is 1. The summed E-state index contributed by atoms with van der Waals surface area (Å²) in [5, 5.41) is 3.37. The van der Waals surface area contributed by atoms with Crippen LogP contribution in [0, 0.1) is 0 Å². The third kappa shape index (κ3) is 5.08. The van der Waals surface area contributed by atoms with Gasteiger partial charge in [0.25, 0.3) is 5.91 Å². The summed E-state index contributed by atoms with van der Waals surface area (Å²) in [6.45, 7) is 1.24. The van der Waals surface area contributed by atoms with Crippen LogP contribution in [0.3, 0.4) is 0 Å². The summed E-state index contributed by atoms with van der Waals surface area (Å²) < 4.78 is 11.3. The minimum absolute atomic E-state index is 0.166. The Labute approximate surface area is 213 Å². The van der Waals surface area contributed by atoms with Gasteiger partial charge in [-0.15, -0.1) is 0 Å². The van der Waals surface area contributed by atoms with Crippen molar-refractivity contribution >= 4 is 29.1 Å². The van der Waals surface area contributed by atoms with E-state index in [1.807, 2.05) is 41.3 Å². The molecule has 0 fully saturated rings. The van der Waals surface area contributed by atoms with E-state index in [1.54, 1.807) is 31.6 Å². The van der Waals surface area contributed by atoms with Gasteiger partial charge in [-0.3, -0.25) is 9.78 Å². The van der Waals surface area contributed by atoms with Crippen molar-refractivity contribution < 1.29 is 14.3 Å². The quantitative estimate of drug-likeness (QED) is 0.373. The van der Waals surface area contributed by atoms with E-state index in [9.17, 15) is 4.79 Å². The number of aromatic nitrogens is 3. The van der Waals surface area contributed by atoms with Crippen molar-refractivity contribution in [1.82, 2.24) is 20.3 Å². The number of halogens is 1. The number of anilines is 2. The molecule has 0 saturated carbocycles. The van der Waals surface area contributed by atoms with Gasteiger partial charge in [0.15, 0.2) is 0 Å². The Balaban J connectivity index is 1.41. The molecule has 1 N–H and O–H groups in total. The van der Waals surface area contributed by atoms with Crippen molar-refractivity contribution in [2.45, 2.75) is 19.6 Å². The minimum atomic E-state index is -0.338. The summed E-state index contributed by atoms with van der Waals surface area (Å²) in [6.07, 6.45) is 5.80.